The van der Waals surface area contributed by atoms with Crippen LogP contribution < -0.4 is 10.1 Å². The third-order valence-corrected chi connectivity index (χ3v) is 5.10. The summed E-state index contributed by atoms with van der Waals surface area (Å²) in [4.78, 5) is 19.9. The van der Waals surface area contributed by atoms with Crippen molar-refractivity contribution in [2.75, 3.05) is 6.61 Å². The Balaban J connectivity index is 1.32. The number of ether oxygens (including phenoxy) is 1. The number of fused-ring (bicyclic) bond motifs is 1. The summed E-state index contributed by atoms with van der Waals surface area (Å²) >= 11 is 0. The maximum atomic E-state index is 12.6. The summed E-state index contributed by atoms with van der Waals surface area (Å²) in [5.74, 6) is 0.0973. The molecule has 8 heteroatoms. The van der Waals surface area contributed by atoms with Gasteiger partial charge in [-0.2, -0.15) is 13.2 Å². The van der Waals surface area contributed by atoms with Gasteiger partial charge in [0.1, 0.15) is 5.75 Å². The van der Waals surface area contributed by atoms with E-state index in [4.69, 9.17) is 0 Å². The monoisotopic (exact) mass is 403 g/mol. The summed E-state index contributed by atoms with van der Waals surface area (Å²) in [6.07, 6.45) is -0.483. The fourth-order valence-corrected chi connectivity index (χ4v) is 3.44. The zero-order chi connectivity index (χ0) is 20.6. The number of hydrogen-bond donors (Lipinski definition) is 2. The van der Waals surface area contributed by atoms with E-state index in [1.54, 1.807) is 13.0 Å². The largest absolute Gasteiger partial charge is 0.483 e. The predicted molar refractivity (Wildman–Crippen MR) is 101 cm³/mol. The molecular formula is C21H20F3N3O2. The summed E-state index contributed by atoms with van der Waals surface area (Å²) in [5.41, 5.74) is 2.75. The van der Waals surface area contributed by atoms with Gasteiger partial charge in [-0.1, -0.05) is 12.1 Å². The van der Waals surface area contributed by atoms with Crippen LogP contribution in [0.3, 0.4) is 0 Å². The van der Waals surface area contributed by atoms with Crippen molar-refractivity contribution in [1.82, 2.24) is 15.3 Å². The average Bonchev–Trinajstić information content (AvgIpc) is 3.36. The molecule has 152 valence electrons. The van der Waals surface area contributed by atoms with Gasteiger partial charge in [0.25, 0.3) is 0 Å². The quantitative estimate of drug-likeness (QED) is 0.638. The summed E-state index contributed by atoms with van der Waals surface area (Å²) in [6.45, 7) is 0.427. The number of amides is 1. The Morgan fingerprint density at radius 3 is 2.86 bits per heavy atom. The molecule has 0 spiro atoms. The molecule has 1 fully saturated rings. The number of aromatic nitrogens is 2. The van der Waals surface area contributed by atoms with Gasteiger partial charge in [-0.15, -0.1) is 0 Å². The van der Waals surface area contributed by atoms with E-state index in [9.17, 15) is 18.0 Å². The first kappa shape index (κ1) is 19.3. The van der Waals surface area contributed by atoms with E-state index in [0.29, 0.717) is 5.69 Å². The second-order valence-electron chi connectivity index (χ2n) is 7.33. The Bertz CT molecular complexity index is 1010. The lowest BCUT2D eigenvalue weighted by Gasteiger charge is -2.14. The van der Waals surface area contributed by atoms with Gasteiger partial charge in [0.15, 0.2) is 6.61 Å². The van der Waals surface area contributed by atoms with Crippen LogP contribution in [0.5, 0.6) is 5.75 Å². The molecule has 1 aromatic carbocycles. The van der Waals surface area contributed by atoms with Crippen LogP contribution in [-0.4, -0.2) is 28.7 Å². The van der Waals surface area contributed by atoms with Gasteiger partial charge >= 0.3 is 6.18 Å². The summed E-state index contributed by atoms with van der Waals surface area (Å²) < 4.78 is 41.2. The molecule has 1 unspecified atom stereocenters. The predicted octanol–water partition coefficient (Wildman–Crippen LogP) is 4.48. The van der Waals surface area contributed by atoms with Crippen LogP contribution >= 0.6 is 0 Å². The fraction of sp³-hybridized carbons (Fsp3) is 0.333. The normalized spacial score (nSPS) is 19.7. The van der Waals surface area contributed by atoms with Gasteiger partial charge in [0.05, 0.1) is 17.9 Å². The molecular weight excluding hydrogens is 383 g/mol. The lowest BCUT2D eigenvalue weighted by molar-refractivity contribution is -0.153. The molecule has 0 saturated heterocycles. The van der Waals surface area contributed by atoms with Crippen LogP contribution in [0, 0.1) is 5.92 Å². The lowest BCUT2D eigenvalue weighted by Crippen LogP contribution is -2.29. The van der Waals surface area contributed by atoms with Crippen LogP contribution in [0.1, 0.15) is 36.6 Å². The van der Waals surface area contributed by atoms with Crippen LogP contribution in [0.2, 0.25) is 0 Å². The number of carbonyl (C=O) groups excluding carboxylic acids is 1. The van der Waals surface area contributed by atoms with Gasteiger partial charge in [-0.25, -0.2) is 0 Å². The molecule has 3 aromatic rings. The van der Waals surface area contributed by atoms with Gasteiger partial charge in [-0.3, -0.25) is 9.78 Å². The summed E-state index contributed by atoms with van der Waals surface area (Å²) in [6, 6.07) is 10.8. The number of hydrogen-bond acceptors (Lipinski definition) is 3. The zero-order valence-electron chi connectivity index (χ0n) is 15.7. The van der Waals surface area contributed by atoms with E-state index in [0.717, 1.165) is 22.9 Å². The van der Waals surface area contributed by atoms with E-state index in [1.807, 2.05) is 18.3 Å². The molecule has 29 heavy (non-hydrogen) atoms. The van der Waals surface area contributed by atoms with E-state index in [-0.39, 0.29) is 29.5 Å². The summed E-state index contributed by atoms with van der Waals surface area (Å²) in [7, 11) is 0. The third kappa shape index (κ3) is 4.52. The van der Waals surface area contributed by atoms with Crippen molar-refractivity contribution in [2.24, 2.45) is 5.92 Å². The minimum absolute atomic E-state index is 0.0339. The maximum Gasteiger partial charge on any atom is 0.422 e. The van der Waals surface area contributed by atoms with Crippen LogP contribution in [0.15, 0.2) is 48.8 Å². The maximum absolute atomic E-state index is 12.6. The number of pyridine rings is 1. The Labute approximate surface area is 165 Å². The van der Waals surface area contributed by atoms with Crippen molar-refractivity contribution >= 4 is 16.8 Å². The smallest absolute Gasteiger partial charge is 0.422 e. The molecule has 4 rings (SSSR count). The number of nitrogens with zero attached hydrogens (tertiary/aromatic N) is 1. The highest BCUT2D eigenvalue weighted by Gasteiger charge is 2.44. The summed E-state index contributed by atoms with van der Waals surface area (Å²) in [5, 5.41) is 4.07. The third-order valence-electron chi connectivity index (χ3n) is 5.10. The number of nitrogens with one attached hydrogen (secondary N) is 2. The van der Waals surface area contributed by atoms with Crippen LogP contribution in [0.25, 0.3) is 10.9 Å². The van der Waals surface area contributed by atoms with Gasteiger partial charge in [0.2, 0.25) is 5.91 Å². The minimum Gasteiger partial charge on any atom is -0.483 e. The fourth-order valence-electron chi connectivity index (χ4n) is 3.44. The number of aromatic amines is 1. The zero-order valence-corrected chi connectivity index (χ0v) is 15.7. The Kier molecular flexibility index (Phi) is 4.94. The highest BCUT2D eigenvalue weighted by atomic mass is 19.4. The molecule has 0 aliphatic heterocycles. The molecule has 5 nitrogen and oxygen atoms in total. The molecule has 1 amide bonds. The van der Waals surface area contributed by atoms with E-state index in [2.05, 4.69) is 32.2 Å². The van der Waals surface area contributed by atoms with Crippen molar-refractivity contribution in [3.8, 4) is 5.75 Å². The molecule has 1 saturated carbocycles. The number of H-pyrrole nitrogens is 1. The van der Waals surface area contributed by atoms with Crippen LogP contribution in [0.4, 0.5) is 13.2 Å². The first-order chi connectivity index (χ1) is 13.8. The van der Waals surface area contributed by atoms with Gasteiger partial charge in [0, 0.05) is 17.6 Å². The highest BCUT2D eigenvalue weighted by molar-refractivity contribution is 5.84. The van der Waals surface area contributed by atoms with E-state index < -0.39 is 12.8 Å². The van der Waals surface area contributed by atoms with Gasteiger partial charge < -0.3 is 15.0 Å². The first-order valence-corrected chi connectivity index (χ1v) is 9.33. The molecule has 0 radical (unpaired) electrons. The minimum atomic E-state index is -4.40. The highest BCUT2D eigenvalue weighted by Crippen LogP contribution is 2.48. The Morgan fingerprint density at radius 2 is 2.14 bits per heavy atom. The molecule has 1 aliphatic rings. The number of benzene rings is 1. The van der Waals surface area contributed by atoms with E-state index in [1.165, 1.54) is 12.3 Å². The van der Waals surface area contributed by atoms with Crippen molar-refractivity contribution in [3.05, 3.63) is 60.0 Å². The van der Waals surface area contributed by atoms with Crippen LogP contribution in [-0.2, 0) is 4.79 Å². The molecule has 2 aromatic heterocycles. The van der Waals surface area contributed by atoms with Crippen molar-refractivity contribution in [1.29, 1.82) is 0 Å². The number of rotatable bonds is 6. The van der Waals surface area contributed by atoms with Crippen molar-refractivity contribution < 1.29 is 22.7 Å². The Morgan fingerprint density at radius 1 is 1.31 bits per heavy atom. The number of carbonyl (C=O) groups is 1. The molecule has 1 aliphatic carbocycles. The Hall–Kier alpha value is -3.03. The topological polar surface area (TPSA) is 67.0 Å². The van der Waals surface area contributed by atoms with Crippen molar-refractivity contribution in [3.63, 3.8) is 0 Å². The molecule has 2 heterocycles. The SMILES string of the molecule is CC(NC(=O)[C@@H]1C[C@H]1c1ccc2cc[nH]c2c1)c1ccc(OCC(F)(F)F)cn1. The molecule has 0 bridgehead atoms. The second kappa shape index (κ2) is 7.42. The second-order valence-corrected chi connectivity index (χ2v) is 7.33. The number of halogens is 3. The number of alkyl halides is 3. The van der Waals surface area contributed by atoms with E-state index >= 15 is 0 Å². The average molecular weight is 403 g/mol. The van der Waals surface area contributed by atoms with Crippen molar-refractivity contribution in [2.45, 2.75) is 31.5 Å². The standard InChI is InChI=1S/C21H20F3N3O2/c1-12(18-5-4-15(10-26-18)29-11-21(22,23)24)27-20(28)17-9-16(17)14-3-2-13-6-7-25-19(13)8-14/h2-8,10,12,16-17,25H,9,11H2,1H3,(H,27,28)/t12?,16-,17+/m0/s1. The molecule has 3 atom stereocenters. The molecule has 2 N–H and O–H groups in total. The first-order valence-electron chi connectivity index (χ1n) is 9.33. The lowest BCUT2D eigenvalue weighted by atomic mass is 10.1. The van der Waals surface area contributed by atoms with Gasteiger partial charge in [-0.05, 0) is 54.5 Å².